The molecule has 0 amide bonds. The quantitative estimate of drug-likeness (QED) is 0.618. The van der Waals surface area contributed by atoms with E-state index in [2.05, 4.69) is 54.7 Å². The van der Waals surface area contributed by atoms with Crippen molar-refractivity contribution in [2.24, 2.45) is 0 Å². The smallest absolute Gasteiger partial charge is 0.0361 e. The molecular weight excluding hydrogens is 232 g/mol. The molecule has 0 aromatic heterocycles. The maximum absolute atomic E-state index is 3.54. The van der Waals surface area contributed by atoms with Crippen LogP contribution < -0.4 is 10.2 Å². The largest absolute Gasteiger partial charge is 0.378 e. The molecule has 0 aliphatic heterocycles. The topological polar surface area (TPSA) is 15.3 Å². The molecule has 0 fully saturated rings. The Morgan fingerprint density at radius 3 is 2.53 bits per heavy atom. The van der Waals surface area contributed by atoms with Crippen LogP contribution in [-0.2, 0) is 6.54 Å². The summed E-state index contributed by atoms with van der Waals surface area (Å²) in [4.78, 5) is 2.13. The highest BCUT2D eigenvalue weighted by Crippen LogP contribution is 2.19. The van der Waals surface area contributed by atoms with Crippen LogP contribution in [0, 0.1) is 0 Å². The Morgan fingerprint density at radius 1 is 1.11 bits per heavy atom. The monoisotopic (exact) mass is 258 g/mol. The number of rotatable bonds is 6. The minimum atomic E-state index is 0.973. The number of nitrogens with one attached hydrogen (secondary N) is 1. The van der Waals surface area contributed by atoms with Gasteiger partial charge in [0.1, 0.15) is 0 Å². The summed E-state index contributed by atoms with van der Waals surface area (Å²) in [6.07, 6.45) is 9.04. The minimum absolute atomic E-state index is 0.973. The molecule has 1 N–H and O–H groups in total. The normalized spacial score (nSPS) is 15.2. The molecule has 1 aromatic carbocycles. The van der Waals surface area contributed by atoms with E-state index in [9.17, 15) is 0 Å². The molecular formula is C17H26N2. The number of allylic oxidation sites excluding steroid dienone is 1. The standard InChI is InChI=1S/C17H26N2/c1-19(2)17-10-8-16(9-11-17)14-18-13-12-15-6-4-3-5-7-15/h6,8-11,18H,3-5,7,12-14H2,1-2H3. The average molecular weight is 258 g/mol. The molecule has 1 aliphatic carbocycles. The molecule has 0 heterocycles. The van der Waals surface area contributed by atoms with E-state index >= 15 is 0 Å². The highest BCUT2D eigenvalue weighted by atomic mass is 15.1. The SMILES string of the molecule is CN(C)c1ccc(CNCCC2=CCCCC2)cc1. The summed E-state index contributed by atoms with van der Waals surface area (Å²) in [5.74, 6) is 0. The fraction of sp³-hybridized carbons (Fsp3) is 0.529. The van der Waals surface area contributed by atoms with Gasteiger partial charge in [-0.2, -0.15) is 0 Å². The molecule has 19 heavy (non-hydrogen) atoms. The maximum atomic E-state index is 3.54. The van der Waals surface area contributed by atoms with Gasteiger partial charge < -0.3 is 10.2 Å². The van der Waals surface area contributed by atoms with Gasteiger partial charge in [-0.05, 0) is 56.3 Å². The molecule has 0 atom stereocenters. The number of anilines is 1. The van der Waals surface area contributed by atoms with E-state index in [0.29, 0.717) is 0 Å². The van der Waals surface area contributed by atoms with E-state index < -0.39 is 0 Å². The van der Waals surface area contributed by atoms with Gasteiger partial charge in [0.2, 0.25) is 0 Å². The van der Waals surface area contributed by atoms with Crippen LogP contribution in [0.4, 0.5) is 5.69 Å². The summed E-state index contributed by atoms with van der Waals surface area (Å²) in [5.41, 5.74) is 4.28. The van der Waals surface area contributed by atoms with Crippen LogP contribution in [-0.4, -0.2) is 20.6 Å². The fourth-order valence-electron chi connectivity index (χ4n) is 2.53. The van der Waals surface area contributed by atoms with Crippen LogP contribution in [0.25, 0.3) is 0 Å². The highest BCUT2D eigenvalue weighted by molar-refractivity contribution is 5.45. The second-order valence-corrected chi connectivity index (χ2v) is 5.60. The molecule has 0 saturated heterocycles. The van der Waals surface area contributed by atoms with E-state index in [1.807, 2.05) is 0 Å². The van der Waals surface area contributed by atoms with E-state index in [4.69, 9.17) is 0 Å². The van der Waals surface area contributed by atoms with Crippen molar-refractivity contribution >= 4 is 5.69 Å². The van der Waals surface area contributed by atoms with Crippen molar-refractivity contribution in [1.29, 1.82) is 0 Å². The maximum Gasteiger partial charge on any atom is 0.0361 e. The molecule has 1 aromatic rings. The highest BCUT2D eigenvalue weighted by Gasteiger charge is 2.03. The number of nitrogens with zero attached hydrogens (tertiary/aromatic N) is 1. The Hall–Kier alpha value is -1.28. The van der Waals surface area contributed by atoms with Gasteiger partial charge in [0.25, 0.3) is 0 Å². The molecule has 0 bridgehead atoms. The van der Waals surface area contributed by atoms with Crippen LogP contribution in [0.3, 0.4) is 0 Å². The van der Waals surface area contributed by atoms with E-state index in [1.165, 1.54) is 43.4 Å². The first-order valence-corrected chi connectivity index (χ1v) is 7.40. The Kier molecular flexibility index (Phi) is 5.46. The zero-order chi connectivity index (χ0) is 13.5. The van der Waals surface area contributed by atoms with Crippen molar-refractivity contribution in [2.45, 2.75) is 38.6 Å². The van der Waals surface area contributed by atoms with Crippen molar-refractivity contribution in [3.63, 3.8) is 0 Å². The second kappa shape index (κ2) is 7.34. The molecule has 1 aliphatic rings. The predicted octanol–water partition coefficient (Wildman–Crippen LogP) is 3.73. The van der Waals surface area contributed by atoms with Crippen molar-refractivity contribution in [2.75, 3.05) is 25.5 Å². The first-order valence-electron chi connectivity index (χ1n) is 7.40. The van der Waals surface area contributed by atoms with Crippen LogP contribution in [0.1, 0.15) is 37.7 Å². The Bertz CT molecular complexity index is 404. The summed E-state index contributed by atoms with van der Waals surface area (Å²) >= 11 is 0. The Balaban J connectivity index is 1.69. The van der Waals surface area contributed by atoms with Gasteiger partial charge in [0, 0.05) is 26.3 Å². The zero-order valence-corrected chi connectivity index (χ0v) is 12.3. The van der Waals surface area contributed by atoms with Gasteiger partial charge in [-0.3, -0.25) is 0 Å². The lowest BCUT2D eigenvalue weighted by molar-refractivity contribution is 0.632. The molecule has 0 saturated carbocycles. The molecule has 2 heteroatoms. The van der Waals surface area contributed by atoms with E-state index in [1.54, 1.807) is 5.57 Å². The summed E-state index contributed by atoms with van der Waals surface area (Å²) in [6.45, 7) is 2.07. The first kappa shape index (κ1) is 14.1. The predicted molar refractivity (Wildman–Crippen MR) is 83.6 cm³/mol. The van der Waals surface area contributed by atoms with Crippen molar-refractivity contribution < 1.29 is 0 Å². The van der Waals surface area contributed by atoms with E-state index in [0.717, 1.165) is 13.1 Å². The lowest BCUT2D eigenvalue weighted by atomic mass is 9.97. The molecule has 2 nitrogen and oxygen atoms in total. The molecule has 2 rings (SSSR count). The Labute approximate surface area is 117 Å². The molecule has 0 radical (unpaired) electrons. The van der Waals surface area contributed by atoms with Gasteiger partial charge in [0.15, 0.2) is 0 Å². The minimum Gasteiger partial charge on any atom is -0.378 e. The average Bonchev–Trinajstić information content (AvgIpc) is 2.45. The lowest BCUT2D eigenvalue weighted by Crippen LogP contribution is -2.16. The summed E-state index contributed by atoms with van der Waals surface area (Å²) in [7, 11) is 4.15. The summed E-state index contributed by atoms with van der Waals surface area (Å²) in [6, 6.07) is 8.78. The number of benzene rings is 1. The third kappa shape index (κ3) is 4.71. The fourth-order valence-corrected chi connectivity index (χ4v) is 2.53. The number of hydrogen-bond acceptors (Lipinski definition) is 2. The third-order valence-corrected chi connectivity index (χ3v) is 3.79. The van der Waals surface area contributed by atoms with Crippen LogP contribution in [0.15, 0.2) is 35.9 Å². The third-order valence-electron chi connectivity index (χ3n) is 3.79. The van der Waals surface area contributed by atoms with Gasteiger partial charge in [-0.25, -0.2) is 0 Å². The van der Waals surface area contributed by atoms with Gasteiger partial charge in [0.05, 0.1) is 0 Å². The van der Waals surface area contributed by atoms with Crippen molar-refractivity contribution in [3.05, 3.63) is 41.5 Å². The van der Waals surface area contributed by atoms with Gasteiger partial charge in [-0.1, -0.05) is 23.8 Å². The molecule has 104 valence electrons. The summed E-state index contributed by atoms with van der Waals surface area (Å²) < 4.78 is 0. The van der Waals surface area contributed by atoms with Crippen molar-refractivity contribution in [3.8, 4) is 0 Å². The molecule has 0 spiro atoms. The summed E-state index contributed by atoms with van der Waals surface area (Å²) in [5, 5.41) is 3.54. The van der Waals surface area contributed by atoms with Crippen LogP contribution in [0.2, 0.25) is 0 Å². The van der Waals surface area contributed by atoms with Gasteiger partial charge in [-0.15, -0.1) is 0 Å². The second-order valence-electron chi connectivity index (χ2n) is 5.60. The van der Waals surface area contributed by atoms with Crippen LogP contribution in [0.5, 0.6) is 0 Å². The number of hydrogen-bond donors (Lipinski definition) is 1. The Morgan fingerprint density at radius 2 is 1.89 bits per heavy atom. The van der Waals surface area contributed by atoms with Gasteiger partial charge >= 0.3 is 0 Å². The van der Waals surface area contributed by atoms with Crippen LogP contribution >= 0.6 is 0 Å². The first-order chi connectivity index (χ1) is 9.25. The van der Waals surface area contributed by atoms with E-state index in [-0.39, 0.29) is 0 Å². The molecule has 0 unspecified atom stereocenters. The lowest BCUT2D eigenvalue weighted by Gasteiger charge is -2.14. The van der Waals surface area contributed by atoms with Crippen molar-refractivity contribution in [1.82, 2.24) is 5.32 Å². The zero-order valence-electron chi connectivity index (χ0n) is 12.3.